The van der Waals surface area contributed by atoms with Crippen molar-refractivity contribution in [1.29, 1.82) is 0 Å². The molecule has 0 saturated carbocycles. The average Bonchev–Trinajstić information content (AvgIpc) is 2.51. The largest absolute Gasteiger partial charge is 0.351 e. The quantitative estimate of drug-likeness (QED) is 0.831. The summed E-state index contributed by atoms with van der Waals surface area (Å²) in [5, 5.41) is 3.35. The molecule has 6 heteroatoms. The van der Waals surface area contributed by atoms with Gasteiger partial charge in [0.2, 0.25) is 0 Å². The predicted molar refractivity (Wildman–Crippen MR) is 88.2 cm³/mol. The van der Waals surface area contributed by atoms with E-state index < -0.39 is 5.82 Å². The lowest BCUT2D eigenvalue weighted by molar-refractivity contribution is 0.0954. The van der Waals surface area contributed by atoms with Gasteiger partial charge in [-0.1, -0.05) is 11.8 Å². The molecule has 1 aromatic carbocycles. The van der Waals surface area contributed by atoms with Crippen LogP contribution in [0.3, 0.4) is 0 Å². The second-order valence-corrected chi connectivity index (χ2v) is 7.03. The molecule has 3 N–H and O–H groups in total. The van der Waals surface area contributed by atoms with Crippen LogP contribution in [0, 0.1) is 17.7 Å². The maximum absolute atomic E-state index is 13.3. The number of benzene rings is 1. The zero-order valence-corrected chi connectivity index (χ0v) is 13.2. The molecule has 1 fully saturated rings. The van der Waals surface area contributed by atoms with Crippen LogP contribution in [-0.4, -0.2) is 41.5 Å². The van der Waals surface area contributed by atoms with Crippen LogP contribution in [0.2, 0.25) is 0 Å². The van der Waals surface area contributed by atoms with Crippen LogP contribution in [0.5, 0.6) is 0 Å². The lowest BCUT2D eigenvalue weighted by atomic mass is 10.1. The smallest absolute Gasteiger partial charge is 0.252 e. The van der Waals surface area contributed by atoms with Gasteiger partial charge in [-0.3, -0.25) is 4.79 Å². The van der Waals surface area contributed by atoms with Crippen molar-refractivity contribution in [1.82, 2.24) is 5.32 Å². The SMILES string of the molecule is NCC#Cc1cc(F)ccc1C(=O)NCC1CSCCS1. The lowest BCUT2D eigenvalue weighted by Crippen LogP contribution is -2.33. The molecule has 1 aliphatic rings. The van der Waals surface area contributed by atoms with Crippen LogP contribution in [0.25, 0.3) is 0 Å². The molecule has 1 saturated heterocycles. The topological polar surface area (TPSA) is 55.1 Å². The summed E-state index contributed by atoms with van der Waals surface area (Å²) in [6.45, 7) is 0.797. The van der Waals surface area contributed by atoms with Gasteiger partial charge < -0.3 is 11.1 Å². The third kappa shape index (κ3) is 4.95. The second kappa shape index (κ2) is 8.32. The molecule has 0 bridgehead atoms. The van der Waals surface area contributed by atoms with Crippen LogP contribution in [-0.2, 0) is 0 Å². The normalized spacial score (nSPS) is 17.7. The van der Waals surface area contributed by atoms with Crippen LogP contribution in [0.15, 0.2) is 18.2 Å². The molecule has 1 heterocycles. The molecular weight excluding hydrogens is 307 g/mol. The van der Waals surface area contributed by atoms with E-state index in [0.29, 0.717) is 22.9 Å². The Balaban J connectivity index is 2.03. The molecular formula is C15H17FN2OS2. The third-order valence-electron chi connectivity index (χ3n) is 2.93. The van der Waals surface area contributed by atoms with Crippen molar-refractivity contribution in [3.05, 3.63) is 35.1 Å². The number of amides is 1. The zero-order valence-electron chi connectivity index (χ0n) is 11.5. The molecule has 21 heavy (non-hydrogen) atoms. The first-order valence-corrected chi connectivity index (χ1v) is 8.87. The Morgan fingerprint density at radius 1 is 1.48 bits per heavy atom. The lowest BCUT2D eigenvalue weighted by Gasteiger charge is -2.21. The van der Waals surface area contributed by atoms with Gasteiger partial charge in [-0.05, 0) is 18.2 Å². The van der Waals surface area contributed by atoms with Gasteiger partial charge >= 0.3 is 0 Å². The molecule has 0 aromatic heterocycles. The number of halogens is 1. The Hall–Kier alpha value is -1.16. The molecule has 0 aliphatic carbocycles. The molecule has 0 spiro atoms. The highest BCUT2D eigenvalue weighted by Crippen LogP contribution is 2.23. The fourth-order valence-corrected chi connectivity index (χ4v) is 4.53. The third-order valence-corrected chi connectivity index (χ3v) is 5.77. The first kappa shape index (κ1) is 16.2. The highest BCUT2D eigenvalue weighted by molar-refractivity contribution is 8.06. The molecule has 112 valence electrons. The summed E-state index contributed by atoms with van der Waals surface area (Å²) in [6, 6.07) is 4.00. The first-order valence-electron chi connectivity index (χ1n) is 6.66. The number of hydrogen-bond donors (Lipinski definition) is 2. The van der Waals surface area contributed by atoms with Crippen molar-refractivity contribution < 1.29 is 9.18 Å². The van der Waals surface area contributed by atoms with Crippen molar-refractivity contribution in [2.45, 2.75) is 5.25 Å². The van der Waals surface area contributed by atoms with Gasteiger partial charge in [0.1, 0.15) is 5.82 Å². The van der Waals surface area contributed by atoms with E-state index in [-0.39, 0.29) is 12.5 Å². The van der Waals surface area contributed by atoms with Gasteiger partial charge in [-0.15, -0.1) is 0 Å². The fraction of sp³-hybridized carbons (Fsp3) is 0.400. The average molecular weight is 324 g/mol. The summed E-state index contributed by atoms with van der Waals surface area (Å²) >= 11 is 3.79. The number of nitrogens with one attached hydrogen (secondary N) is 1. The maximum atomic E-state index is 13.3. The van der Waals surface area contributed by atoms with E-state index in [1.54, 1.807) is 0 Å². The second-order valence-electron chi connectivity index (χ2n) is 4.47. The number of rotatable bonds is 3. The van der Waals surface area contributed by atoms with Gasteiger partial charge in [-0.2, -0.15) is 23.5 Å². The van der Waals surface area contributed by atoms with E-state index in [1.807, 2.05) is 23.5 Å². The first-order chi connectivity index (χ1) is 10.2. The molecule has 1 aromatic rings. The number of hydrogen-bond acceptors (Lipinski definition) is 4. The number of carbonyl (C=O) groups is 1. The fourth-order valence-electron chi connectivity index (χ4n) is 1.92. The van der Waals surface area contributed by atoms with Gasteiger partial charge in [0.25, 0.3) is 5.91 Å². The Morgan fingerprint density at radius 2 is 2.33 bits per heavy atom. The highest BCUT2D eigenvalue weighted by atomic mass is 32.2. The van der Waals surface area contributed by atoms with E-state index in [9.17, 15) is 9.18 Å². The van der Waals surface area contributed by atoms with Crippen molar-refractivity contribution in [3.8, 4) is 11.8 Å². The van der Waals surface area contributed by atoms with Crippen molar-refractivity contribution in [3.63, 3.8) is 0 Å². The molecule has 1 atom stereocenters. The monoisotopic (exact) mass is 324 g/mol. The molecule has 1 aliphatic heterocycles. The maximum Gasteiger partial charge on any atom is 0.252 e. The minimum absolute atomic E-state index is 0.174. The van der Waals surface area contributed by atoms with Crippen LogP contribution in [0.4, 0.5) is 4.39 Å². The van der Waals surface area contributed by atoms with Crippen molar-refractivity contribution >= 4 is 29.4 Å². The van der Waals surface area contributed by atoms with E-state index >= 15 is 0 Å². The molecule has 1 amide bonds. The summed E-state index contributed by atoms with van der Waals surface area (Å²) in [4.78, 5) is 12.2. The molecule has 1 unspecified atom stereocenters. The predicted octanol–water partition coefficient (Wildman–Crippen LogP) is 1.71. The van der Waals surface area contributed by atoms with Crippen LogP contribution < -0.4 is 11.1 Å². The number of nitrogens with two attached hydrogens (primary N) is 1. The molecule has 2 rings (SSSR count). The van der Waals surface area contributed by atoms with Crippen molar-refractivity contribution in [2.75, 3.05) is 30.3 Å². The van der Waals surface area contributed by atoms with Gasteiger partial charge in [0.15, 0.2) is 0 Å². The van der Waals surface area contributed by atoms with Crippen LogP contribution >= 0.6 is 23.5 Å². The highest BCUT2D eigenvalue weighted by Gasteiger charge is 2.17. The van der Waals surface area contributed by atoms with Gasteiger partial charge in [0.05, 0.1) is 12.1 Å². The standard InChI is InChI=1S/C15H17FN2OS2/c16-12-3-4-14(11(8-12)2-1-5-17)15(19)18-9-13-10-20-6-7-21-13/h3-4,8,13H,5-7,9-10,17H2,(H,18,19). The molecule has 3 nitrogen and oxygen atoms in total. The van der Waals surface area contributed by atoms with E-state index in [1.165, 1.54) is 24.0 Å². The Kier molecular flexibility index (Phi) is 6.43. The molecule has 0 radical (unpaired) electrons. The van der Waals surface area contributed by atoms with Crippen LogP contribution in [0.1, 0.15) is 15.9 Å². The Labute approximate surface area is 132 Å². The number of carbonyl (C=O) groups excluding carboxylic acids is 1. The zero-order chi connectivity index (χ0) is 15.1. The summed E-state index contributed by atoms with van der Waals surface area (Å²) in [5.41, 5.74) is 6.10. The van der Waals surface area contributed by atoms with E-state index in [2.05, 4.69) is 17.2 Å². The summed E-state index contributed by atoms with van der Waals surface area (Å²) < 4.78 is 13.3. The Bertz CT molecular complexity index is 563. The van der Waals surface area contributed by atoms with Gasteiger partial charge in [-0.25, -0.2) is 4.39 Å². The number of thioether (sulfide) groups is 2. The minimum atomic E-state index is -0.410. The van der Waals surface area contributed by atoms with E-state index in [0.717, 1.165) is 11.5 Å². The van der Waals surface area contributed by atoms with Gasteiger partial charge in [0, 0.05) is 34.6 Å². The van der Waals surface area contributed by atoms with E-state index in [4.69, 9.17) is 5.73 Å². The summed E-state index contributed by atoms with van der Waals surface area (Å²) in [5.74, 6) is 8.12. The summed E-state index contributed by atoms with van der Waals surface area (Å²) in [6.07, 6.45) is 0. The van der Waals surface area contributed by atoms with Crippen molar-refractivity contribution in [2.24, 2.45) is 5.73 Å². The Morgan fingerprint density at radius 3 is 3.05 bits per heavy atom. The summed E-state index contributed by atoms with van der Waals surface area (Å²) in [7, 11) is 0. The minimum Gasteiger partial charge on any atom is -0.351 e.